The second-order valence-electron chi connectivity index (χ2n) is 6.79. The minimum atomic E-state index is -0.704. The maximum atomic E-state index is 12.3. The summed E-state index contributed by atoms with van der Waals surface area (Å²) in [7, 11) is 1.25. The average Bonchev–Trinajstić information content (AvgIpc) is 2.59. The number of hydrogen-bond donors (Lipinski definition) is 3. The van der Waals surface area contributed by atoms with E-state index >= 15 is 0 Å². The van der Waals surface area contributed by atoms with Gasteiger partial charge < -0.3 is 21.1 Å². The van der Waals surface area contributed by atoms with Crippen LogP contribution in [0, 0.1) is 5.41 Å². The first-order valence-corrected chi connectivity index (χ1v) is 8.00. The van der Waals surface area contributed by atoms with E-state index in [0.29, 0.717) is 30.0 Å². The summed E-state index contributed by atoms with van der Waals surface area (Å²) in [4.78, 5) is 37.7. The van der Waals surface area contributed by atoms with Gasteiger partial charge in [-0.2, -0.15) is 0 Å². The predicted octanol–water partition coefficient (Wildman–Crippen LogP) is 1.31. The molecule has 0 spiro atoms. The van der Waals surface area contributed by atoms with E-state index in [2.05, 4.69) is 10.6 Å². The van der Waals surface area contributed by atoms with E-state index < -0.39 is 12.1 Å². The number of nitrogens with zero attached hydrogens (tertiary/aromatic N) is 1. The highest BCUT2D eigenvalue weighted by Gasteiger charge is 2.35. The minimum Gasteiger partial charge on any atom is -0.452 e. The summed E-state index contributed by atoms with van der Waals surface area (Å²) in [5.74, 6) is -0.624. The number of hydrogen-bond acceptors (Lipinski definition) is 5. The monoisotopic (exact) mass is 348 g/mol. The summed E-state index contributed by atoms with van der Waals surface area (Å²) in [6.07, 6.45) is -0.634. The summed E-state index contributed by atoms with van der Waals surface area (Å²) in [6, 6.07) is 4.05. The van der Waals surface area contributed by atoms with Crippen molar-refractivity contribution in [3.05, 3.63) is 23.8 Å². The van der Waals surface area contributed by atoms with Crippen LogP contribution in [0.25, 0.3) is 0 Å². The number of rotatable bonds is 4. The molecule has 1 unspecified atom stereocenters. The number of carbonyl (C=O) groups excluding carboxylic acids is 3. The molecule has 136 valence electrons. The first-order valence-electron chi connectivity index (χ1n) is 8.00. The van der Waals surface area contributed by atoms with Gasteiger partial charge in [-0.05, 0) is 37.1 Å². The van der Waals surface area contributed by atoms with Crippen LogP contribution >= 0.6 is 0 Å². The number of nitrogens with two attached hydrogens (primary N) is 1. The molecule has 8 heteroatoms. The molecule has 0 aliphatic carbocycles. The van der Waals surface area contributed by atoms with Gasteiger partial charge in [0.15, 0.2) is 0 Å². The molecule has 0 saturated carbocycles. The molecule has 1 aliphatic rings. The van der Waals surface area contributed by atoms with Crippen LogP contribution in [0.5, 0.6) is 0 Å². The van der Waals surface area contributed by atoms with Gasteiger partial charge in [-0.25, -0.2) is 4.79 Å². The number of methoxy groups -OCH3 is 1. The topological polar surface area (TPSA) is 114 Å². The molecule has 0 radical (unpaired) electrons. The van der Waals surface area contributed by atoms with Gasteiger partial charge in [-0.1, -0.05) is 13.8 Å². The number of nitrogens with one attached hydrogen (secondary N) is 2. The third-order valence-electron chi connectivity index (χ3n) is 4.19. The van der Waals surface area contributed by atoms with Crippen molar-refractivity contribution in [2.24, 2.45) is 11.1 Å². The lowest BCUT2D eigenvalue weighted by atomic mass is 9.94. The lowest BCUT2D eigenvalue weighted by Crippen LogP contribution is -2.49. The standard InChI is InChI=1S/C17H24N4O4/c1-10-14(22)20-12-7-11(15(23)19-9-17(2,3)8-18)5-6-13(12)21(10)16(24)25-4/h5-7,10H,8-9,18H2,1-4H3,(H,19,23)(H,20,22). The Morgan fingerprint density at radius 1 is 1.40 bits per heavy atom. The Labute approximate surface area is 146 Å². The van der Waals surface area contributed by atoms with E-state index in [0.717, 1.165) is 0 Å². The number of benzene rings is 1. The van der Waals surface area contributed by atoms with Crippen LogP contribution in [0.15, 0.2) is 18.2 Å². The molecule has 1 aliphatic heterocycles. The molecule has 0 bridgehead atoms. The van der Waals surface area contributed by atoms with Crippen molar-refractivity contribution in [3.63, 3.8) is 0 Å². The molecule has 1 aromatic carbocycles. The highest BCUT2D eigenvalue weighted by molar-refractivity contribution is 6.11. The van der Waals surface area contributed by atoms with Gasteiger partial charge in [-0.3, -0.25) is 14.5 Å². The van der Waals surface area contributed by atoms with E-state index in [1.54, 1.807) is 25.1 Å². The normalized spacial score (nSPS) is 16.8. The number of carbonyl (C=O) groups is 3. The van der Waals surface area contributed by atoms with Gasteiger partial charge >= 0.3 is 6.09 Å². The van der Waals surface area contributed by atoms with Crippen LogP contribution < -0.4 is 21.3 Å². The maximum absolute atomic E-state index is 12.3. The van der Waals surface area contributed by atoms with E-state index in [1.807, 2.05) is 13.8 Å². The van der Waals surface area contributed by atoms with Crippen LogP contribution in [0.1, 0.15) is 31.1 Å². The summed E-state index contributed by atoms with van der Waals surface area (Å²) >= 11 is 0. The number of anilines is 2. The lowest BCUT2D eigenvalue weighted by molar-refractivity contribution is -0.117. The van der Waals surface area contributed by atoms with Crippen molar-refractivity contribution in [2.45, 2.75) is 26.8 Å². The van der Waals surface area contributed by atoms with Crippen molar-refractivity contribution >= 4 is 29.3 Å². The molecule has 4 N–H and O–H groups in total. The zero-order chi connectivity index (χ0) is 18.8. The van der Waals surface area contributed by atoms with Crippen molar-refractivity contribution < 1.29 is 19.1 Å². The lowest BCUT2D eigenvalue weighted by Gasteiger charge is -2.33. The highest BCUT2D eigenvalue weighted by atomic mass is 16.5. The van der Waals surface area contributed by atoms with Gasteiger partial charge in [0.25, 0.3) is 5.91 Å². The number of amides is 3. The Bertz CT molecular complexity index is 702. The molecule has 0 fully saturated rings. The Kier molecular flexibility index (Phi) is 5.32. The summed E-state index contributed by atoms with van der Waals surface area (Å²) in [5.41, 5.74) is 6.70. The second-order valence-corrected chi connectivity index (χ2v) is 6.79. The van der Waals surface area contributed by atoms with Crippen molar-refractivity contribution in [3.8, 4) is 0 Å². The fraction of sp³-hybridized carbons (Fsp3) is 0.471. The smallest absolute Gasteiger partial charge is 0.414 e. The van der Waals surface area contributed by atoms with Gasteiger partial charge in [0.1, 0.15) is 6.04 Å². The quantitative estimate of drug-likeness (QED) is 0.759. The van der Waals surface area contributed by atoms with Crippen LogP contribution in [-0.4, -0.2) is 44.1 Å². The molecule has 1 atom stereocenters. The van der Waals surface area contributed by atoms with Crippen LogP contribution in [0.4, 0.5) is 16.2 Å². The van der Waals surface area contributed by atoms with Gasteiger partial charge in [0.2, 0.25) is 5.91 Å². The summed E-state index contributed by atoms with van der Waals surface area (Å²) in [5, 5.41) is 5.53. The highest BCUT2D eigenvalue weighted by Crippen LogP contribution is 2.33. The SMILES string of the molecule is COC(=O)N1c2ccc(C(=O)NCC(C)(C)CN)cc2NC(=O)C1C. The Balaban J connectivity index is 2.27. The number of ether oxygens (including phenoxy) is 1. The van der Waals surface area contributed by atoms with Crippen LogP contribution in [-0.2, 0) is 9.53 Å². The number of fused-ring (bicyclic) bond motifs is 1. The van der Waals surface area contributed by atoms with E-state index in [-0.39, 0.29) is 17.2 Å². The Hall–Kier alpha value is -2.61. The first kappa shape index (κ1) is 18.7. The zero-order valence-corrected chi connectivity index (χ0v) is 14.9. The zero-order valence-electron chi connectivity index (χ0n) is 14.9. The summed E-state index contributed by atoms with van der Waals surface area (Å²) < 4.78 is 4.75. The second kappa shape index (κ2) is 7.10. The molecule has 0 saturated heterocycles. The molecular weight excluding hydrogens is 324 g/mol. The minimum absolute atomic E-state index is 0.213. The third-order valence-corrected chi connectivity index (χ3v) is 4.19. The van der Waals surface area contributed by atoms with Crippen molar-refractivity contribution in [1.82, 2.24) is 5.32 Å². The van der Waals surface area contributed by atoms with Crippen LogP contribution in [0.2, 0.25) is 0 Å². The van der Waals surface area contributed by atoms with Crippen molar-refractivity contribution in [2.75, 3.05) is 30.4 Å². The first-order chi connectivity index (χ1) is 11.7. The maximum Gasteiger partial charge on any atom is 0.414 e. The van der Waals surface area contributed by atoms with Gasteiger partial charge in [0, 0.05) is 12.1 Å². The molecular formula is C17H24N4O4. The molecule has 3 amide bonds. The fourth-order valence-electron chi connectivity index (χ4n) is 2.40. The Morgan fingerprint density at radius 3 is 2.68 bits per heavy atom. The molecule has 25 heavy (non-hydrogen) atoms. The summed E-state index contributed by atoms with van der Waals surface area (Å²) in [6.45, 7) is 6.38. The van der Waals surface area contributed by atoms with E-state index in [9.17, 15) is 14.4 Å². The van der Waals surface area contributed by atoms with E-state index in [4.69, 9.17) is 10.5 Å². The molecule has 1 aromatic rings. The average molecular weight is 348 g/mol. The molecule has 2 rings (SSSR count). The third kappa shape index (κ3) is 3.90. The van der Waals surface area contributed by atoms with E-state index in [1.165, 1.54) is 12.0 Å². The fourth-order valence-corrected chi connectivity index (χ4v) is 2.40. The van der Waals surface area contributed by atoms with Gasteiger partial charge in [0.05, 0.1) is 18.5 Å². The van der Waals surface area contributed by atoms with Crippen LogP contribution in [0.3, 0.4) is 0 Å². The van der Waals surface area contributed by atoms with Crippen molar-refractivity contribution in [1.29, 1.82) is 0 Å². The molecule has 8 nitrogen and oxygen atoms in total. The predicted molar refractivity (Wildman–Crippen MR) is 94.6 cm³/mol. The largest absolute Gasteiger partial charge is 0.452 e. The molecule has 0 aromatic heterocycles. The Morgan fingerprint density at radius 2 is 2.08 bits per heavy atom. The molecule has 1 heterocycles. The van der Waals surface area contributed by atoms with Gasteiger partial charge in [-0.15, -0.1) is 0 Å².